The first kappa shape index (κ1) is 18.2. The molecule has 1 aromatic carbocycles. The van der Waals surface area contributed by atoms with Crippen LogP contribution in [0, 0.1) is 0 Å². The normalized spacial score (nSPS) is 14.1. The largest absolute Gasteiger partial charge is 0.441 e. The predicted octanol–water partition coefficient (Wildman–Crippen LogP) is 4.30. The number of nitrogens with zero attached hydrogens (tertiary/aromatic N) is 3. The van der Waals surface area contributed by atoms with Gasteiger partial charge in [-0.25, -0.2) is 9.97 Å². The molecule has 1 N–H and O–H groups in total. The van der Waals surface area contributed by atoms with Crippen LogP contribution in [-0.2, 0) is 11.2 Å². The van der Waals surface area contributed by atoms with Crippen molar-refractivity contribution < 1.29 is 9.21 Å². The molecule has 0 bridgehead atoms. The van der Waals surface area contributed by atoms with Crippen LogP contribution in [0.15, 0.2) is 59.3 Å². The van der Waals surface area contributed by atoms with Crippen molar-refractivity contribution in [2.45, 2.75) is 32.1 Å². The number of carbonyl (C=O) groups is 1. The van der Waals surface area contributed by atoms with Gasteiger partial charge in [-0.05, 0) is 31.4 Å². The topological polar surface area (TPSA) is 71.3 Å². The van der Waals surface area contributed by atoms with Crippen molar-refractivity contribution in [3.63, 3.8) is 0 Å². The number of anilines is 2. The van der Waals surface area contributed by atoms with Gasteiger partial charge in [-0.3, -0.25) is 4.79 Å². The van der Waals surface area contributed by atoms with E-state index in [0.29, 0.717) is 18.7 Å². The third-order valence-electron chi connectivity index (χ3n) is 4.89. The molecule has 6 heteroatoms. The predicted molar refractivity (Wildman–Crippen MR) is 109 cm³/mol. The van der Waals surface area contributed by atoms with Crippen LogP contribution in [0.1, 0.15) is 31.6 Å². The molecule has 0 unspecified atom stereocenters. The lowest BCUT2D eigenvalue weighted by Crippen LogP contribution is -2.31. The minimum atomic E-state index is -0.0641. The molecule has 1 saturated heterocycles. The van der Waals surface area contributed by atoms with E-state index in [9.17, 15) is 4.79 Å². The summed E-state index contributed by atoms with van der Waals surface area (Å²) in [6.45, 7) is 1.97. The highest BCUT2D eigenvalue weighted by Crippen LogP contribution is 2.26. The molecule has 0 atom stereocenters. The second-order valence-corrected chi connectivity index (χ2v) is 6.95. The van der Waals surface area contributed by atoms with Gasteiger partial charge in [0.25, 0.3) is 0 Å². The smallest absolute Gasteiger partial charge is 0.224 e. The van der Waals surface area contributed by atoms with Crippen molar-refractivity contribution in [1.29, 1.82) is 0 Å². The summed E-state index contributed by atoms with van der Waals surface area (Å²) in [4.78, 5) is 23.5. The highest BCUT2D eigenvalue weighted by Gasteiger charge is 2.17. The number of rotatable bonds is 6. The summed E-state index contributed by atoms with van der Waals surface area (Å²) in [5.74, 6) is 2.08. The van der Waals surface area contributed by atoms with E-state index in [4.69, 9.17) is 4.42 Å². The molecule has 3 aromatic rings. The summed E-state index contributed by atoms with van der Waals surface area (Å²) in [5, 5.41) is 3.00. The fourth-order valence-corrected chi connectivity index (χ4v) is 3.45. The minimum Gasteiger partial charge on any atom is -0.441 e. The van der Waals surface area contributed by atoms with Gasteiger partial charge in [0.05, 0.1) is 11.9 Å². The fourth-order valence-electron chi connectivity index (χ4n) is 3.45. The van der Waals surface area contributed by atoms with E-state index >= 15 is 0 Å². The molecule has 0 radical (unpaired) electrons. The van der Waals surface area contributed by atoms with Gasteiger partial charge >= 0.3 is 0 Å². The number of carbonyl (C=O) groups excluding carboxylic acids is 1. The third kappa shape index (κ3) is 4.39. The number of aryl methyl sites for hydroxylation is 1. The summed E-state index contributed by atoms with van der Waals surface area (Å²) in [6, 6.07) is 13.6. The monoisotopic (exact) mass is 376 g/mol. The number of oxazole rings is 1. The Hall–Kier alpha value is -3.15. The average Bonchev–Trinajstić information content (AvgIpc) is 3.23. The number of benzene rings is 1. The first-order valence-corrected chi connectivity index (χ1v) is 9.79. The number of aromatic nitrogens is 2. The molecule has 0 spiro atoms. The van der Waals surface area contributed by atoms with E-state index in [1.54, 1.807) is 12.4 Å². The number of hydrogen-bond acceptors (Lipinski definition) is 5. The summed E-state index contributed by atoms with van der Waals surface area (Å²) >= 11 is 0. The maximum atomic E-state index is 12.5. The summed E-state index contributed by atoms with van der Waals surface area (Å²) in [5.41, 5.74) is 1.75. The van der Waals surface area contributed by atoms with Crippen molar-refractivity contribution in [1.82, 2.24) is 9.97 Å². The lowest BCUT2D eigenvalue weighted by atomic mass is 10.1. The van der Waals surface area contributed by atoms with Gasteiger partial charge in [-0.1, -0.05) is 30.3 Å². The van der Waals surface area contributed by atoms with Gasteiger partial charge in [0, 0.05) is 37.7 Å². The van der Waals surface area contributed by atoms with Crippen LogP contribution in [0.25, 0.3) is 11.3 Å². The van der Waals surface area contributed by atoms with E-state index in [1.165, 1.54) is 6.42 Å². The standard InChI is InChI=1S/C22H24N4O2/c27-20(11-12-21-24-16-19(28-21)17-8-3-1-4-9-17)25-18-10-7-13-23-22(18)26-14-5-2-6-15-26/h1,3-4,7-10,13,16H,2,5-6,11-12,14-15H2,(H,25,27). The van der Waals surface area contributed by atoms with Gasteiger partial charge in [0.2, 0.25) is 5.91 Å². The Morgan fingerprint density at radius 2 is 1.86 bits per heavy atom. The molecular formula is C22H24N4O2. The van der Waals surface area contributed by atoms with E-state index < -0.39 is 0 Å². The molecule has 1 aliphatic heterocycles. The average molecular weight is 376 g/mol. The van der Waals surface area contributed by atoms with Crippen LogP contribution in [0.3, 0.4) is 0 Å². The quantitative estimate of drug-likeness (QED) is 0.694. The fraction of sp³-hybridized carbons (Fsp3) is 0.318. The lowest BCUT2D eigenvalue weighted by Gasteiger charge is -2.29. The van der Waals surface area contributed by atoms with Crippen LogP contribution < -0.4 is 10.2 Å². The Balaban J connectivity index is 1.36. The molecule has 1 aliphatic rings. The number of piperidine rings is 1. The third-order valence-corrected chi connectivity index (χ3v) is 4.89. The van der Waals surface area contributed by atoms with E-state index in [1.807, 2.05) is 42.5 Å². The Labute approximate surface area is 164 Å². The Morgan fingerprint density at radius 1 is 1.04 bits per heavy atom. The molecule has 0 saturated carbocycles. The van der Waals surface area contributed by atoms with E-state index in [-0.39, 0.29) is 5.91 Å². The van der Waals surface area contributed by atoms with E-state index in [2.05, 4.69) is 20.2 Å². The second-order valence-electron chi connectivity index (χ2n) is 6.95. The summed E-state index contributed by atoms with van der Waals surface area (Å²) in [7, 11) is 0. The molecule has 6 nitrogen and oxygen atoms in total. The lowest BCUT2D eigenvalue weighted by molar-refractivity contribution is -0.116. The maximum Gasteiger partial charge on any atom is 0.224 e. The Kier molecular flexibility index (Phi) is 5.66. The molecule has 1 fully saturated rings. The molecule has 144 valence electrons. The zero-order valence-corrected chi connectivity index (χ0v) is 15.8. The zero-order valence-electron chi connectivity index (χ0n) is 15.8. The van der Waals surface area contributed by atoms with Crippen LogP contribution in [0.4, 0.5) is 11.5 Å². The Bertz CT molecular complexity index is 917. The second kappa shape index (κ2) is 8.69. The van der Waals surface area contributed by atoms with Crippen LogP contribution in [0.5, 0.6) is 0 Å². The van der Waals surface area contributed by atoms with Crippen LogP contribution in [0.2, 0.25) is 0 Å². The van der Waals surface area contributed by atoms with Crippen LogP contribution in [-0.4, -0.2) is 29.0 Å². The molecule has 1 amide bonds. The van der Waals surface area contributed by atoms with Gasteiger partial charge in [0.15, 0.2) is 17.5 Å². The number of nitrogens with one attached hydrogen (secondary N) is 1. The maximum absolute atomic E-state index is 12.5. The molecule has 0 aliphatic carbocycles. The summed E-state index contributed by atoms with van der Waals surface area (Å²) in [6.07, 6.45) is 7.83. The number of pyridine rings is 1. The van der Waals surface area contributed by atoms with Crippen molar-refractivity contribution in [3.8, 4) is 11.3 Å². The van der Waals surface area contributed by atoms with Crippen molar-refractivity contribution in [2.75, 3.05) is 23.3 Å². The highest BCUT2D eigenvalue weighted by molar-refractivity contribution is 5.93. The van der Waals surface area contributed by atoms with Gasteiger partial charge in [-0.2, -0.15) is 0 Å². The SMILES string of the molecule is O=C(CCc1ncc(-c2ccccc2)o1)Nc1cccnc1N1CCCCC1. The first-order chi connectivity index (χ1) is 13.8. The van der Waals surface area contributed by atoms with E-state index in [0.717, 1.165) is 48.8 Å². The van der Waals surface area contributed by atoms with Crippen molar-refractivity contribution in [3.05, 3.63) is 60.7 Å². The Morgan fingerprint density at radius 3 is 2.68 bits per heavy atom. The molecule has 2 aromatic heterocycles. The van der Waals surface area contributed by atoms with Crippen molar-refractivity contribution in [2.24, 2.45) is 0 Å². The highest BCUT2D eigenvalue weighted by atomic mass is 16.4. The summed E-state index contributed by atoms with van der Waals surface area (Å²) < 4.78 is 5.78. The molecule has 4 rings (SSSR count). The van der Waals surface area contributed by atoms with Crippen molar-refractivity contribution >= 4 is 17.4 Å². The number of amides is 1. The zero-order chi connectivity index (χ0) is 19.2. The van der Waals surface area contributed by atoms with Gasteiger partial charge < -0.3 is 14.6 Å². The molecular weight excluding hydrogens is 352 g/mol. The van der Waals surface area contributed by atoms with Gasteiger partial charge in [-0.15, -0.1) is 0 Å². The van der Waals surface area contributed by atoms with Gasteiger partial charge in [0.1, 0.15) is 0 Å². The number of hydrogen-bond donors (Lipinski definition) is 1. The molecule has 3 heterocycles. The first-order valence-electron chi connectivity index (χ1n) is 9.79. The van der Waals surface area contributed by atoms with Crippen LogP contribution >= 0.6 is 0 Å². The minimum absolute atomic E-state index is 0.0641. The molecule has 28 heavy (non-hydrogen) atoms.